The number of nitrogens with two attached hydrogens (primary N) is 1. The average molecular weight is 213 g/mol. The number of primary amides is 1. The largest absolute Gasteiger partial charge is 0.508 e. The molecule has 0 aliphatic rings. The molecule has 16 heavy (non-hydrogen) atoms. The molecule has 0 aliphatic heterocycles. The highest BCUT2D eigenvalue weighted by Gasteiger charge is 2.08. The lowest BCUT2D eigenvalue weighted by Crippen LogP contribution is -2.12. The fourth-order valence-corrected chi connectivity index (χ4v) is 1.59. The number of aromatic hydroxyl groups is 1. The molecule has 2 aromatic carbocycles. The van der Waals surface area contributed by atoms with E-state index in [1.807, 2.05) is 12.1 Å². The minimum Gasteiger partial charge on any atom is -0.508 e. The van der Waals surface area contributed by atoms with Crippen molar-refractivity contribution in [3.63, 3.8) is 0 Å². The van der Waals surface area contributed by atoms with Crippen LogP contribution in [-0.2, 0) is 0 Å². The molecule has 0 unspecified atom stereocenters. The van der Waals surface area contributed by atoms with Crippen LogP contribution in [0.4, 0.5) is 0 Å². The normalized spacial score (nSPS) is 10.0. The van der Waals surface area contributed by atoms with Gasteiger partial charge in [-0.15, -0.1) is 0 Å². The monoisotopic (exact) mass is 213 g/mol. The van der Waals surface area contributed by atoms with Crippen molar-refractivity contribution in [3.05, 3.63) is 54.1 Å². The van der Waals surface area contributed by atoms with Crippen LogP contribution < -0.4 is 5.73 Å². The lowest BCUT2D eigenvalue weighted by molar-refractivity contribution is 0.100. The molecule has 0 saturated carbocycles. The third kappa shape index (κ3) is 1.88. The van der Waals surface area contributed by atoms with E-state index in [1.165, 1.54) is 0 Å². The molecule has 0 fully saturated rings. The molecular weight excluding hydrogens is 202 g/mol. The summed E-state index contributed by atoms with van der Waals surface area (Å²) in [7, 11) is 0. The van der Waals surface area contributed by atoms with Crippen molar-refractivity contribution in [1.29, 1.82) is 0 Å². The van der Waals surface area contributed by atoms with Crippen LogP contribution in [0.15, 0.2) is 48.5 Å². The Morgan fingerprint density at radius 3 is 2.25 bits per heavy atom. The number of phenolic OH excluding ortho intramolecular Hbond substituents is 1. The number of hydrogen-bond donors (Lipinski definition) is 2. The second-order valence-electron chi connectivity index (χ2n) is 3.46. The third-order valence-corrected chi connectivity index (χ3v) is 2.37. The van der Waals surface area contributed by atoms with Crippen molar-refractivity contribution in [2.45, 2.75) is 0 Å². The van der Waals surface area contributed by atoms with E-state index in [1.54, 1.807) is 36.4 Å². The highest BCUT2D eigenvalue weighted by molar-refractivity contribution is 5.99. The number of phenols is 1. The molecule has 0 atom stereocenters. The van der Waals surface area contributed by atoms with Crippen LogP contribution in [0, 0.1) is 0 Å². The topological polar surface area (TPSA) is 63.3 Å². The summed E-state index contributed by atoms with van der Waals surface area (Å²) in [5, 5.41) is 9.19. The lowest BCUT2D eigenvalue weighted by Gasteiger charge is -2.06. The van der Waals surface area contributed by atoms with E-state index in [0.29, 0.717) is 5.56 Å². The maximum absolute atomic E-state index is 11.2. The van der Waals surface area contributed by atoms with E-state index >= 15 is 0 Å². The van der Waals surface area contributed by atoms with Gasteiger partial charge in [0.15, 0.2) is 0 Å². The first-order valence-electron chi connectivity index (χ1n) is 4.87. The number of hydrogen-bond acceptors (Lipinski definition) is 2. The van der Waals surface area contributed by atoms with Gasteiger partial charge < -0.3 is 10.8 Å². The summed E-state index contributed by atoms with van der Waals surface area (Å²) in [6, 6.07) is 13.8. The maximum atomic E-state index is 11.2. The van der Waals surface area contributed by atoms with Gasteiger partial charge in [0.1, 0.15) is 5.75 Å². The molecule has 3 nitrogen and oxygen atoms in total. The van der Waals surface area contributed by atoms with Gasteiger partial charge in [0.2, 0.25) is 5.91 Å². The van der Waals surface area contributed by atoms with Crippen molar-refractivity contribution in [2.75, 3.05) is 0 Å². The quantitative estimate of drug-likeness (QED) is 0.802. The van der Waals surface area contributed by atoms with E-state index in [0.717, 1.165) is 11.1 Å². The molecular formula is C13H11NO2. The van der Waals surface area contributed by atoms with Crippen LogP contribution in [-0.4, -0.2) is 11.0 Å². The molecule has 3 N–H and O–H groups in total. The molecule has 0 spiro atoms. The number of carbonyl (C=O) groups is 1. The second kappa shape index (κ2) is 4.06. The van der Waals surface area contributed by atoms with Crippen molar-refractivity contribution in [2.24, 2.45) is 5.73 Å². The molecule has 0 aromatic heterocycles. The van der Waals surface area contributed by atoms with Crippen molar-refractivity contribution < 1.29 is 9.90 Å². The van der Waals surface area contributed by atoms with Gasteiger partial charge in [-0.25, -0.2) is 0 Å². The number of benzene rings is 2. The van der Waals surface area contributed by atoms with Crippen molar-refractivity contribution in [1.82, 2.24) is 0 Å². The molecule has 0 radical (unpaired) electrons. The fourth-order valence-electron chi connectivity index (χ4n) is 1.59. The molecule has 2 rings (SSSR count). The average Bonchev–Trinajstić information content (AvgIpc) is 2.30. The number of amides is 1. The predicted octanol–water partition coefficient (Wildman–Crippen LogP) is 2.16. The zero-order valence-electron chi connectivity index (χ0n) is 8.55. The van der Waals surface area contributed by atoms with E-state index in [2.05, 4.69) is 0 Å². The van der Waals surface area contributed by atoms with Crippen LogP contribution in [0.3, 0.4) is 0 Å². The van der Waals surface area contributed by atoms with Crippen molar-refractivity contribution in [3.8, 4) is 16.9 Å². The van der Waals surface area contributed by atoms with E-state index in [-0.39, 0.29) is 5.75 Å². The van der Waals surface area contributed by atoms with E-state index < -0.39 is 5.91 Å². The Balaban J connectivity index is 2.55. The van der Waals surface area contributed by atoms with Crippen LogP contribution in [0.25, 0.3) is 11.1 Å². The Bertz CT molecular complexity index is 518. The predicted molar refractivity (Wildman–Crippen MR) is 62.1 cm³/mol. The van der Waals surface area contributed by atoms with Gasteiger partial charge in [0.05, 0.1) is 0 Å². The molecule has 0 aliphatic carbocycles. The van der Waals surface area contributed by atoms with E-state index in [9.17, 15) is 9.90 Å². The van der Waals surface area contributed by atoms with Crippen LogP contribution in [0.1, 0.15) is 10.4 Å². The standard InChI is InChI=1S/C13H11NO2/c14-13(16)12-4-2-1-3-11(12)9-5-7-10(15)8-6-9/h1-8,15H,(H2,14,16). The van der Waals surface area contributed by atoms with Gasteiger partial charge in [-0.2, -0.15) is 0 Å². The number of carbonyl (C=O) groups excluding carboxylic acids is 1. The van der Waals surface area contributed by atoms with Gasteiger partial charge in [0.25, 0.3) is 0 Å². The molecule has 1 amide bonds. The Morgan fingerprint density at radius 1 is 1.00 bits per heavy atom. The lowest BCUT2D eigenvalue weighted by atomic mass is 9.99. The first-order valence-corrected chi connectivity index (χ1v) is 4.87. The molecule has 3 heteroatoms. The summed E-state index contributed by atoms with van der Waals surface area (Å²) in [5.74, 6) is -0.260. The fraction of sp³-hybridized carbons (Fsp3) is 0. The van der Waals surface area contributed by atoms with Gasteiger partial charge in [-0.05, 0) is 29.3 Å². The minimum atomic E-state index is -0.455. The highest BCUT2D eigenvalue weighted by Crippen LogP contribution is 2.24. The third-order valence-electron chi connectivity index (χ3n) is 2.37. The summed E-state index contributed by atoms with van der Waals surface area (Å²) in [6.45, 7) is 0. The van der Waals surface area contributed by atoms with Gasteiger partial charge in [0, 0.05) is 5.56 Å². The molecule has 0 saturated heterocycles. The summed E-state index contributed by atoms with van der Waals surface area (Å²) in [4.78, 5) is 11.2. The summed E-state index contributed by atoms with van der Waals surface area (Å²) in [5.41, 5.74) is 7.40. The molecule has 0 heterocycles. The summed E-state index contributed by atoms with van der Waals surface area (Å²) >= 11 is 0. The van der Waals surface area contributed by atoms with Crippen LogP contribution in [0.2, 0.25) is 0 Å². The summed E-state index contributed by atoms with van der Waals surface area (Å²) < 4.78 is 0. The maximum Gasteiger partial charge on any atom is 0.249 e. The SMILES string of the molecule is NC(=O)c1ccccc1-c1ccc(O)cc1. The smallest absolute Gasteiger partial charge is 0.249 e. The zero-order valence-corrected chi connectivity index (χ0v) is 8.55. The Morgan fingerprint density at radius 2 is 1.62 bits per heavy atom. The van der Waals surface area contributed by atoms with Gasteiger partial charge in [-0.1, -0.05) is 30.3 Å². The van der Waals surface area contributed by atoms with Crippen LogP contribution in [0.5, 0.6) is 5.75 Å². The first-order chi connectivity index (χ1) is 7.68. The molecule has 2 aromatic rings. The zero-order chi connectivity index (χ0) is 11.5. The van der Waals surface area contributed by atoms with Gasteiger partial charge >= 0.3 is 0 Å². The molecule has 0 bridgehead atoms. The summed E-state index contributed by atoms with van der Waals surface area (Å²) in [6.07, 6.45) is 0. The molecule has 80 valence electrons. The van der Waals surface area contributed by atoms with Crippen LogP contribution >= 0.6 is 0 Å². The Hall–Kier alpha value is -2.29. The highest BCUT2D eigenvalue weighted by atomic mass is 16.3. The Labute approximate surface area is 93.1 Å². The van der Waals surface area contributed by atoms with Crippen molar-refractivity contribution >= 4 is 5.91 Å². The van der Waals surface area contributed by atoms with Gasteiger partial charge in [-0.3, -0.25) is 4.79 Å². The second-order valence-corrected chi connectivity index (χ2v) is 3.46. The minimum absolute atomic E-state index is 0.195. The first kappa shape index (κ1) is 10.2. The Kier molecular flexibility index (Phi) is 2.60. The van der Waals surface area contributed by atoms with E-state index in [4.69, 9.17) is 5.73 Å². The number of rotatable bonds is 2.